The molecule has 3 aromatic heterocycles. The van der Waals surface area contributed by atoms with Gasteiger partial charge in [-0.15, -0.1) is 0 Å². The summed E-state index contributed by atoms with van der Waals surface area (Å²) < 4.78 is 13.0. The molecule has 0 aliphatic carbocycles. The molecule has 1 atom stereocenters. The minimum atomic E-state index is -0.535. The van der Waals surface area contributed by atoms with Crippen LogP contribution in [0.5, 0.6) is 0 Å². The molecule has 0 amide bonds. The van der Waals surface area contributed by atoms with E-state index in [1.165, 1.54) is 0 Å². The van der Waals surface area contributed by atoms with Gasteiger partial charge in [-0.2, -0.15) is 0 Å². The number of nitrogens with one attached hydrogen (secondary N) is 1. The fourth-order valence-electron chi connectivity index (χ4n) is 7.94. The number of hydrogen-bond donors (Lipinski definition) is 1. The summed E-state index contributed by atoms with van der Waals surface area (Å²) in [6.07, 6.45) is 1.30. The van der Waals surface area contributed by atoms with Crippen LogP contribution in [0.15, 0.2) is 189 Å². The number of fused-ring (bicyclic) bond motifs is 7. The molecule has 0 fully saturated rings. The van der Waals surface area contributed by atoms with Crippen LogP contribution < -0.4 is 5.32 Å². The van der Waals surface area contributed by atoms with Crippen LogP contribution in [0.4, 0.5) is 0 Å². The lowest BCUT2D eigenvalue weighted by molar-refractivity contribution is 0.668. The molecule has 0 saturated carbocycles. The molecule has 11 rings (SSSR count). The molecule has 0 saturated heterocycles. The zero-order valence-electron chi connectivity index (χ0n) is 28.9. The SMILES string of the molecule is c1ccc(C2=NC(c3cccc4oc5c(-c6ccc(-c7cccc8ncccc78)cc6)cccc5c34)N=C(c3cccc4oc5ccccc5c34)N2)cc1. The molecule has 1 aliphatic rings. The van der Waals surface area contributed by atoms with Gasteiger partial charge in [0.05, 0.1) is 5.52 Å². The van der Waals surface area contributed by atoms with Gasteiger partial charge in [0.25, 0.3) is 0 Å². The minimum Gasteiger partial charge on any atom is -0.456 e. The molecular formula is C48H30N4O2. The Hall–Kier alpha value is -7.31. The highest BCUT2D eigenvalue weighted by Crippen LogP contribution is 2.41. The maximum Gasteiger partial charge on any atom is 0.170 e. The number of rotatable bonds is 5. The smallest absolute Gasteiger partial charge is 0.170 e. The number of hydrogen-bond acceptors (Lipinski definition) is 6. The molecule has 0 spiro atoms. The summed E-state index contributed by atoms with van der Waals surface area (Å²) in [5, 5.41) is 8.83. The number of para-hydroxylation sites is 2. The zero-order chi connectivity index (χ0) is 35.6. The molecule has 10 aromatic rings. The quantitative estimate of drug-likeness (QED) is 0.195. The largest absolute Gasteiger partial charge is 0.456 e. The van der Waals surface area contributed by atoms with Crippen molar-refractivity contribution in [3.63, 3.8) is 0 Å². The van der Waals surface area contributed by atoms with Crippen molar-refractivity contribution in [2.24, 2.45) is 9.98 Å². The maximum atomic E-state index is 6.73. The van der Waals surface area contributed by atoms with Crippen LogP contribution in [0, 0.1) is 0 Å². The van der Waals surface area contributed by atoms with Crippen LogP contribution in [0.25, 0.3) is 77.0 Å². The Morgan fingerprint density at radius 2 is 1.07 bits per heavy atom. The van der Waals surface area contributed by atoms with E-state index in [1.54, 1.807) is 0 Å². The van der Waals surface area contributed by atoms with Crippen LogP contribution in [0.1, 0.15) is 22.9 Å². The third kappa shape index (κ3) is 4.85. The molecule has 254 valence electrons. The molecule has 0 radical (unpaired) electrons. The van der Waals surface area contributed by atoms with E-state index in [9.17, 15) is 0 Å². The van der Waals surface area contributed by atoms with Gasteiger partial charge in [0.15, 0.2) is 6.17 Å². The van der Waals surface area contributed by atoms with E-state index in [1.807, 2.05) is 72.9 Å². The molecule has 4 heterocycles. The van der Waals surface area contributed by atoms with Crippen molar-refractivity contribution < 1.29 is 8.83 Å². The first-order chi connectivity index (χ1) is 26.8. The van der Waals surface area contributed by atoms with Crippen LogP contribution in [-0.4, -0.2) is 16.7 Å². The molecule has 1 N–H and O–H groups in total. The first-order valence-electron chi connectivity index (χ1n) is 18.0. The average Bonchev–Trinajstić information content (AvgIpc) is 3.83. The molecule has 54 heavy (non-hydrogen) atoms. The summed E-state index contributed by atoms with van der Waals surface area (Å²) in [4.78, 5) is 15.1. The second kappa shape index (κ2) is 12.1. The number of benzene rings is 7. The van der Waals surface area contributed by atoms with Gasteiger partial charge in [-0.25, -0.2) is 9.98 Å². The Morgan fingerprint density at radius 3 is 1.96 bits per heavy atom. The molecule has 1 unspecified atom stereocenters. The van der Waals surface area contributed by atoms with Crippen molar-refractivity contribution in [3.05, 3.63) is 187 Å². The van der Waals surface area contributed by atoms with E-state index in [-0.39, 0.29) is 0 Å². The summed E-state index contributed by atoms with van der Waals surface area (Å²) in [7, 11) is 0. The second-order valence-electron chi connectivity index (χ2n) is 13.6. The van der Waals surface area contributed by atoms with E-state index in [0.717, 1.165) is 105 Å². The number of amidine groups is 2. The number of aliphatic imine (C=N–C) groups is 2. The Morgan fingerprint density at radius 1 is 0.426 bits per heavy atom. The topological polar surface area (TPSA) is 75.9 Å². The van der Waals surface area contributed by atoms with Crippen molar-refractivity contribution in [2.75, 3.05) is 0 Å². The summed E-state index contributed by atoms with van der Waals surface area (Å²) in [6.45, 7) is 0. The van der Waals surface area contributed by atoms with Gasteiger partial charge in [0.1, 0.15) is 34.0 Å². The predicted molar refractivity (Wildman–Crippen MR) is 219 cm³/mol. The van der Waals surface area contributed by atoms with Gasteiger partial charge in [-0.3, -0.25) is 4.98 Å². The summed E-state index contributed by atoms with van der Waals surface area (Å²) in [5.41, 5.74) is 11.6. The summed E-state index contributed by atoms with van der Waals surface area (Å²) >= 11 is 0. The predicted octanol–water partition coefficient (Wildman–Crippen LogP) is 11.9. The van der Waals surface area contributed by atoms with Gasteiger partial charge in [0, 0.05) is 55.4 Å². The van der Waals surface area contributed by atoms with Gasteiger partial charge in [-0.1, -0.05) is 133 Å². The second-order valence-corrected chi connectivity index (χ2v) is 13.6. The minimum absolute atomic E-state index is 0.535. The number of furan rings is 2. The Bertz CT molecular complexity index is 3130. The Balaban J connectivity index is 1.06. The maximum absolute atomic E-state index is 6.73. The van der Waals surface area contributed by atoms with Gasteiger partial charge >= 0.3 is 0 Å². The van der Waals surface area contributed by atoms with Crippen molar-refractivity contribution in [1.29, 1.82) is 0 Å². The fourth-order valence-corrected chi connectivity index (χ4v) is 7.94. The molecule has 1 aliphatic heterocycles. The van der Waals surface area contributed by atoms with E-state index < -0.39 is 6.17 Å². The number of pyridine rings is 1. The Labute approximate surface area is 309 Å². The molecule has 6 heteroatoms. The van der Waals surface area contributed by atoms with E-state index >= 15 is 0 Å². The average molecular weight is 695 g/mol. The van der Waals surface area contributed by atoms with Crippen LogP contribution in [0.3, 0.4) is 0 Å². The molecule has 6 nitrogen and oxygen atoms in total. The lowest BCUT2D eigenvalue weighted by Crippen LogP contribution is -2.36. The van der Waals surface area contributed by atoms with Gasteiger partial charge < -0.3 is 14.2 Å². The lowest BCUT2D eigenvalue weighted by Gasteiger charge is -2.23. The first kappa shape index (κ1) is 30.3. The third-order valence-corrected chi connectivity index (χ3v) is 10.4. The van der Waals surface area contributed by atoms with E-state index in [2.05, 4.69) is 107 Å². The van der Waals surface area contributed by atoms with E-state index in [0.29, 0.717) is 0 Å². The summed E-state index contributed by atoms with van der Waals surface area (Å²) in [6, 6.07) is 56.1. The van der Waals surface area contributed by atoms with Gasteiger partial charge in [0.2, 0.25) is 0 Å². The monoisotopic (exact) mass is 694 g/mol. The number of nitrogens with zero attached hydrogens (tertiary/aromatic N) is 3. The summed E-state index contributed by atoms with van der Waals surface area (Å²) in [5.74, 6) is 1.49. The fraction of sp³-hybridized carbons (Fsp3) is 0.0208. The first-order valence-corrected chi connectivity index (χ1v) is 18.0. The zero-order valence-corrected chi connectivity index (χ0v) is 28.9. The van der Waals surface area contributed by atoms with E-state index in [4.69, 9.17) is 18.8 Å². The van der Waals surface area contributed by atoms with Crippen molar-refractivity contribution in [1.82, 2.24) is 10.3 Å². The van der Waals surface area contributed by atoms with Crippen molar-refractivity contribution in [2.45, 2.75) is 6.17 Å². The normalized spacial score (nSPS) is 14.5. The number of aromatic nitrogens is 1. The highest BCUT2D eigenvalue weighted by Gasteiger charge is 2.26. The lowest BCUT2D eigenvalue weighted by atomic mass is 9.96. The van der Waals surface area contributed by atoms with Crippen molar-refractivity contribution >= 4 is 66.5 Å². The third-order valence-electron chi connectivity index (χ3n) is 10.4. The molecule has 0 bridgehead atoms. The van der Waals surface area contributed by atoms with Gasteiger partial charge in [-0.05, 0) is 47.0 Å². The molecule has 7 aromatic carbocycles. The van der Waals surface area contributed by atoms with Crippen LogP contribution >= 0.6 is 0 Å². The Kier molecular flexibility index (Phi) is 6.82. The van der Waals surface area contributed by atoms with Crippen molar-refractivity contribution in [3.8, 4) is 22.3 Å². The highest BCUT2D eigenvalue weighted by atomic mass is 16.3. The standard InChI is InChI=1S/C48H30N4O2/c1-2-11-31(12-3-1)46-50-47(37-17-8-22-41-43(37)35-13-4-5-21-40(35)53-41)52-48(51-46)38-18-9-23-42-44(38)36-16-6-15-33(45(36)54-42)30-26-24-29(25-27-30)32-14-7-20-39-34(32)19-10-28-49-39/h1-28,48H,(H,50,51,52). The highest BCUT2D eigenvalue weighted by molar-refractivity contribution is 6.23. The van der Waals surface area contributed by atoms with Crippen LogP contribution in [-0.2, 0) is 0 Å². The van der Waals surface area contributed by atoms with Crippen LogP contribution in [0.2, 0.25) is 0 Å². The molecular weight excluding hydrogens is 665 g/mol.